The van der Waals surface area contributed by atoms with Crippen LogP contribution in [0.3, 0.4) is 0 Å². The van der Waals surface area contributed by atoms with Crippen LogP contribution in [0.4, 0.5) is 0 Å². The number of likely N-dealkylation sites (N-methyl/N-ethyl adjacent to an activating group) is 1. The molecule has 0 aliphatic carbocycles. The highest BCUT2D eigenvalue weighted by Gasteiger charge is 2.37. The standard InChI is InChI=1S/C19H18ClN5O3/c1-24-8-7-11-9-14-17(28-10-27-14)18(26-2)15(11)16(24)19-21-22-23-25(19)13-5-3-12(20)4-6-13/h3-6,9,16H,7-8,10H2,1-2H3/t16-/m0/s1. The first-order valence-corrected chi connectivity index (χ1v) is 9.29. The fourth-order valence-corrected chi connectivity index (χ4v) is 4.02. The Labute approximate surface area is 166 Å². The Hall–Kier alpha value is -2.84. The van der Waals surface area contributed by atoms with Crippen LogP contribution in [0.1, 0.15) is 23.0 Å². The van der Waals surface area contributed by atoms with E-state index in [2.05, 4.69) is 27.5 Å². The molecular weight excluding hydrogens is 382 g/mol. The summed E-state index contributed by atoms with van der Waals surface area (Å²) in [7, 11) is 3.70. The van der Waals surface area contributed by atoms with Crippen molar-refractivity contribution in [2.24, 2.45) is 0 Å². The van der Waals surface area contributed by atoms with Crippen LogP contribution in [0.25, 0.3) is 5.69 Å². The zero-order valence-corrected chi connectivity index (χ0v) is 16.2. The van der Waals surface area contributed by atoms with Gasteiger partial charge >= 0.3 is 0 Å². The zero-order chi connectivity index (χ0) is 19.3. The van der Waals surface area contributed by atoms with E-state index in [1.807, 2.05) is 30.3 Å². The molecule has 2 aliphatic heterocycles. The van der Waals surface area contributed by atoms with Gasteiger partial charge in [0, 0.05) is 17.1 Å². The molecule has 0 unspecified atom stereocenters. The summed E-state index contributed by atoms with van der Waals surface area (Å²) in [5.41, 5.74) is 2.99. The van der Waals surface area contributed by atoms with E-state index in [1.54, 1.807) is 11.8 Å². The maximum absolute atomic E-state index is 6.03. The highest BCUT2D eigenvalue weighted by atomic mass is 35.5. The lowest BCUT2D eigenvalue weighted by molar-refractivity contribution is 0.170. The topological polar surface area (TPSA) is 74.5 Å². The maximum atomic E-state index is 6.03. The number of methoxy groups -OCH3 is 1. The molecule has 1 aromatic heterocycles. The van der Waals surface area contributed by atoms with E-state index in [9.17, 15) is 0 Å². The van der Waals surface area contributed by atoms with Crippen LogP contribution in [-0.2, 0) is 6.42 Å². The number of hydrogen-bond donors (Lipinski definition) is 0. The van der Waals surface area contributed by atoms with Gasteiger partial charge in [-0.25, -0.2) is 0 Å². The Morgan fingerprint density at radius 2 is 2.04 bits per heavy atom. The Bertz CT molecular complexity index is 1040. The lowest BCUT2D eigenvalue weighted by Gasteiger charge is -2.34. The van der Waals surface area contributed by atoms with Crippen LogP contribution in [0, 0.1) is 0 Å². The zero-order valence-electron chi connectivity index (χ0n) is 15.4. The molecule has 28 heavy (non-hydrogen) atoms. The molecule has 9 heteroatoms. The smallest absolute Gasteiger partial charge is 0.231 e. The average molecular weight is 400 g/mol. The molecule has 8 nitrogen and oxygen atoms in total. The van der Waals surface area contributed by atoms with E-state index in [0.29, 0.717) is 22.3 Å². The van der Waals surface area contributed by atoms with Crippen molar-refractivity contribution in [3.63, 3.8) is 0 Å². The fraction of sp³-hybridized carbons (Fsp3) is 0.316. The van der Waals surface area contributed by atoms with Crippen molar-refractivity contribution in [1.82, 2.24) is 25.1 Å². The molecule has 2 aromatic carbocycles. The van der Waals surface area contributed by atoms with Crippen LogP contribution in [-0.4, -0.2) is 52.6 Å². The van der Waals surface area contributed by atoms with Crippen LogP contribution < -0.4 is 14.2 Å². The van der Waals surface area contributed by atoms with Crippen molar-refractivity contribution in [2.75, 3.05) is 27.5 Å². The highest BCUT2D eigenvalue weighted by molar-refractivity contribution is 6.30. The molecule has 2 aliphatic rings. The van der Waals surface area contributed by atoms with Gasteiger partial charge in [-0.15, -0.1) is 5.10 Å². The van der Waals surface area contributed by atoms with Crippen LogP contribution in [0.2, 0.25) is 5.02 Å². The summed E-state index contributed by atoms with van der Waals surface area (Å²) in [4.78, 5) is 2.21. The molecule has 0 N–H and O–H groups in total. The van der Waals surface area contributed by atoms with Gasteiger partial charge in [0.25, 0.3) is 0 Å². The normalized spacial score (nSPS) is 18.2. The van der Waals surface area contributed by atoms with E-state index in [1.165, 1.54) is 0 Å². The SMILES string of the molecule is COc1c2c(cc3c1[C@@H](c1nnnn1-c1ccc(Cl)cc1)N(C)CC3)OCO2. The van der Waals surface area contributed by atoms with E-state index in [4.69, 9.17) is 25.8 Å². The second-order valence-electron chi connectivity index (χ2n) is 6.77. The minimum absolute atomic E-state index is 0.192. The fourth-order valence-electron chi connectivity index (χ4n) is 3.89. The third-order valence-electron chi connectivity index (χ3n) is 5.21. The van der Waals surface area contributed by atoms with Gasteiger partial charge in [-0.2, -0.15) is 4.68 Å². The number of fused-ring (bicyclic) bond motifs is 2. The molecule has 3 aromatic rings. The molecule has 1 atom stereocenters. The second-order valence-corrected chi connectivity index (χ2v) is 7.21. The molecule has 0 spiro atoms. The van der Waals surface area contributed by atoms with Gasteiger partial charge in [0.05, 0.1) is 12.8 Å². The number of rotatable bonds is 3. The van der Waals surface area contributed by atoms with Crippen LogP contribution in [0.15, 0.2) is 30.3 Å². The largest absolute Gasteiger partial charge is 0.492 e. The third kappa shape index (κ3) is 2.60. The molecular formula is C19H18ClN5O3. The predicted molar refractivity (Wildman–Crippen MR) is 101 cm³/mol. The minimum Gasteiger partial charge on any atom is -0.492 e. The quantitative estimate of drug-likeness (QED) is 0.670. The number of tetrazole rings is 1. The number of halogens is 1. The molecule has 0 radical (unpaired) electrons. The van der Waals surface area contributed by atoms with E-state index in [0.717, 1.165) is 35.5 Å². The average Bonchev–Trinajstić information content (AvgIpc) is 3.36. The summed E-state index contributed by atoms with van der Waals surface area (Å²) in [6.07, 6.45) is 0.873. The summed E-state index contributed by atoms with van der Waals surface area (Å²) in [5, 5.41) is 13.2. The molecule has 0 amide bonds. The number of ether oxygens (including phenoxy) is 3. The molecule has 144 valence electrons. The number of benzene rings is 2. The first kappa shape index (κ1) is 17.3. The maximum Gasteiger partial charge on any atom is 0.231 e. The molecule has 3 heterocycles. The van der Waals surface area contributed by atoms with Gasteiger partial charge in [0.15, 0.2) is 17.3 Å². The molecule has 0 fully saturated rings. The van der Waals surface area contributed by atoms with E-state index >= 15 is 0 Å². The summed E-state index contributed by atoms with van der Waals surface area (Å²) >= 11 is 6.03. The molecule has 5 rings (SSSR count). The molecule has 0 bridgehead atoms. The van der Waals surface area contributed by atoms with Crippen molar-refractivity contribution < 1.29 is 14.2 Å². The summed E-state index contributed by atoms with van der Waals surface area (Å²) in [5.74, 6) is 2.72. The van der Waals surface area contributed by atoms with E-state index < -0.39 is 0 Å². The van der Waals surface area contributed by atoms with Gasteiger partial charge in [0.2, 0.25) is 12.5 Å². The number of aromatic nitrogens is 4. The van der Waals surface area contributed by atoms with Gasteiger partial charge in [-0.1, -0.05) is 11.6 Å². The Morgan fingerprint density at radius 1 is 1.21 bits per heavy atom. The van der Waals surface area contributed by atoms with Crippen molar-refractivity contribution in [1.29, 1.82) is 0 Å². The van der Waals surface area contributed by atoms with Crippen molar-refractivity contribution in [3.8, 4) is 22.9 Å². The van der Waals surface area contributed by atoms with Crippen LogP contribution in [0.5, 0.6) is 17.2 Å². The minimum atomic E-state index is -0.195. The lowest BCUT2D eigenvalue weighted by atomic mass is 9.90. The van der Waals surface area contributed by atoms with Crippen LogP contribution >= 0.6 is 11.6 Å². The first-order chi connectivity index (χ1) is 13.7. The van der Waals surface area contributed by atoms with E-state index in [-0.39, 0.29) is 12.8 Å². The van der Waals surface area contributed by atoms with Gasteiger partial charge in [-0.3, -0.25) is 4.90 Å². The summed E-state index contributed by atoms with van der Waals surface area (Å²) in [6.45, 7) is 1.05. The Morgan fingerprint density at radius 3 is 2.82 bits per heavy atom. The van der Waals surface area contributed by atoms with Crippen molar-refractivity contribution >= 4 is 11.6 Å². The summed E-state index contributed by atoms with van der Waals surface area (Å²) < 4.78 is 18.8. The highest BCUT2D eigenvalue weighted by Crippen LogP contribution is 2.50. The number of hydrogen-bond acceptors (Lipinski definition) is 7. The van der Waals surface area contributed by atoms with Gasteiger partial charge in [0.1, 0.15) is 6.04 Å². The Balaban J connectivity index is 1.69. The lowest BCUT2D eigenvalue weighted by Crippen LogP contribution is -2.35. The second kappa shape index (κ2) is 6.65. The van der Waals surface area contributed by atoms with Crippen molar-refractivity contribution in [2.45, 2.75) is 12.5 Å². The first-order valence-electron chi connectivity index (χ1n) is 8.91. The van der Waals surface area contributed by atoms with Gasteiger partial charge < -0.3 is 14.2 Å². The van der Waals surface area contributed by atoms with Crippen molar-refractivity contribution in [3.05, 3.63) is 52.3 Å². The summed E-state index contributed by atoms with van der Waals surface area (Å²) in [6, 6.07) is 9.26. The monoisotopic (exact) mass is 399 g/mol. The Kier molecular flexibility index (Phi) is 4.10. The molecule has 0 saturated carbocycles. The molecule has 0 saturated heterocycles. The third-order valence-corrected chi connectivity index (χ3v) is 5.46. The number of nitrogens with zero attached hydrogens (tertiary/aromatic N) is 5. The predicted octanol–water partition coefficient (Wildman–Crippen LogP) is 2.63. The van der Waals surface area contributed by atoms with Gasteiger partial charge in [-0.05, 0) is 59.8 Å².